The summed E-state index contributed by atoms with van der Waals surface area (Å²) in [6.07, 6.45) is 0. The number of amides is 1. The van der Waals surface area contributed by atoms with Gasteiger partial charge < -0.3 is 10.1 Å². The van der Waals surface area contributed by atoms with Gasteiger partial charge in [0.05, 0.1) is 19.0 Å². The van der Waals surface area contributed by atoms with Crippen LogP contribution < -0.4 is 5.32 Å². The zero-order valence-electron chi connectivity index (χ0n) is 14.5. The van der Waals surface area contributed by atoms with Crippen LogP contribution in [0.3, 0.4) is 0 Å². The number of ether oxygens (including phenoxy) is 1. The maximum Gasteiger partial charge on any atom is 0.251 e. The van der Waals surface area contributed by atoms with Crippen LogP contribution in [0.5, 0.6) is 0 Å². The lowest BCUT2D eigenvalue weighted by molar-refractivity contribution is 0.0730. The lowest BCUT2D eigenvalue weighted by Crippen LogP contribution is -2.43. The van der Waals surface area contributed by atoms with Crippen molar-refractivity contribution in [1.82, 2.24) is 9.62 Å². The van der Waals surface area contributed by atoms with Crippen molar-refractivity contribution >= 4 is 15.9 Å². The molecule has 2 rings (SSSR count). The number of hydrogen-bond acceptors (Lipinski definition) is 4. The van der Waals surface area contributed by atoms with Gasteiger partial charge in [-0.1, -0.05) is 32.9 Å². The minimum atomic E-state index is -3.35. The van der Waals surface area contributed by atoms with Gasteiger partial charge in [-0.2, -0.15) is 4.31 Å². The minimum Gasteiger partial charge on any atom is -0.379 e. The normalized spacial score (nSPS) is 16.8. The van der Waals surface area contributed by atoms with E-state index in [1.807, 2.05) is 12.1 Å². The van der Waals surface area contributed by atoms with Gasteiger partial charge in [-0.25, -0.2) is 8.42 Å². The van der Waals surface area contributed by atoms with Crippen LogP contribution >= 0.6 is 0 Å². The summed E-state index contributed by atoms with van der Waals surface area (Å²) in [7, 11) is -3.35. The Morgan fingerprint density at radius 2 is 1.75 bits per heavy atom. The quantitative estimate of drug-likeness (QED) is 0.867. The number of nitrogens with one attached hydrogen (secondary N) is 1. The first kappa shape index (κ1) is 18.9. The first-order chi connectivity index (χ1) is 11.2. The molecule has 1 aromatic carbocycles. The maximum atomic E-state index is 12.2. The zero-order valence-corrected chi connectivity index (χ0v) is 15.4. The van der Waals surface area contributed by atoms with Crippen LogP contribution in [0.1, 0.15) is 36.7 Å². The number of sulfonamides is 1. The standard InChI is InChI=1S/C17H26N2O4S/c1-17(2,3)15-6-4-14(5-7-15)16(20)18-8-13-24(21,22)19-9-11-23-12-10-19/h4-7H,8-13H2,1-3H3,(H,18,20). The van der Waals surface area contributed by atoms with Crippen LogP contribution in [0.4, 0.5) is 0 Å². The highest BCUT2D eigenvalue weighted by molar-refractivity contribution is 7.89. The summed E-state index contributed by atoms with van der Waals surface area (Å²) in [5.41, 5.74) is 1.71. The van der Waals surface area contributed by atoms with E-state index in [0.717, 1.165) is 5.56 Å². The van der Waals surface area contributed by atoms with Crippen LogP contribution in [0.15, 0.2) is 24.3 Å². The highest BCUT2D eigenvalue weighted by Crippen LogP contribution is 2.22. The Labute approximate surface area is 144 Å². The minimum absolute atomic E-state index is 0.0290. The average molecular weight is 354 g/mol. The molecule has 0 radical (unpaired) electrons. The first-order valence-electron chi connectivity index (χ1n) is 8.14. The van der Waals surface area contributed by atoms with E-state index in [0.29, 0.717) is 31.9 Å². The number of rotatable bonds is 5. The third-order valence-electron chi connectivity index (χ3n) is 4.02. The van der Waals surface area contributed by atoms with Gasteiger partial charge in [-0.3, -0.25) is 4.79 Å². The Hall–Kier alpha value is -1.44. The van der Waals surface area contributed by atoms with Gasteiger partial charge in [0, 0.05) is 25.2 Å². The molecule has 6 nitrogen and oxygen atoms in total. The van der Waals surface area contributed by atoms with Crippen molar-refractivity contribution in [2.45, 2.75) is 26.2 Å². The van der Waals surface area contributed by atoms with E-state index >= 15 is 0 Å². The molecule has 134 valence electrons. The Kier molecular flexibility index (Phi) is 6.01. The van der Waals surface area contributed by atoms with Gasteiger partial charge in [-0.15, -0.1) is 0 Å². The first-order valence-corrected chi connectivity index (χ1v) is 9.75. The van der Waals surface area contributed by atoms with Gasteiger partial charge in [0.15, 0.2) is 0 Å². The molecule has 1 amide bonds. The Morgan fingerprint density at radius 3 is 2.29 bits per heavy atom. The smallest absolute Gasteiger partial charge is 0.251 e. The fraction of sp³-hybridized carbons (Fsp3) is 0.588. The van der Waals surface area contributed by atoms with Gasteiger partial charge >= 0.3 is 0 Å². The van der Waals surface area contributed by atoms with Crippen LogP contribution in [0.2, 0.25) is 0 Å². The van der Waals surface area contributed by atoms with Crippen molar-refractivity contribution in [3.63, 3.8) is 0 Å². The Morgan fingerprint density at radius 1 is 1.17 bits per heavy atom. The highest BCUT2D eigenvalue weighted by Gasteiger charge is 2.24. The number of hydrogen-bond donors (Lipinski definition) is 1. The molecule has 0 unspecified atom stereocenters. The molecule has 0 spiro atoms. The van der Waals surface area contributed by atoms with Gasteiger partial charge in [-0.05, 0) is 23.1 Å². The molecule has 1 N–H and O–H groups in total. The molecule has 1 aromatic rings. The second-order valence-electron chi connectivity index (χ2n) is 6.91. The summed E-state index contributed by atoms with van der Waals surface area (Å²) >= 11 is 0. The Bertz CT molecular complexity index is 657. The van der Waals surface area contributed by atoms with Gasteiger partial charge in [0.1, 0.15) is 0 Å². The van der Waals surface area contributed by atoms with Crippen LogP contribution in [-0.2, 0) is 20.2 Å². The lowest BCUT2D eigenvalue weighted by atomic mass is 9.87. The van der Waals surface area contributed by atoms with E-state index in [1.165, 1.54) is 4.31 Å². The molecule has 24 heavy (non-hydrogen) atoms. The van der Waals surface area contributed by atoms with E-state index in [2.05, 4.69) is 26.1 Å². The summed E-state index contributed by atoms with van der Waals surface area (Å²) in [4.78, 5) is 12.1. The molecule has 1 saturated heterocycles. The average Bonchev–Trinajstić information content (AvgIpc) is 2.55. The second kappa shape index (κ2) is 7.63. The fourth-order valence-electron chi connectivity index (χ4n) is 2.47. The summed E-state index contributed by atoms with van der Waals surface area (Å²) in [5.74, 6) is -0.355. The summed E-state index contributed by atoms with van der Waals surface area (Å²) < 4.78 is 30.9. The molecule has 1 heterocycles. The predicted octanol–water partition coefficient (Wildman–Crippen LogP) is 1.38. The fourth-order valence-corrected chi connectivity index (χ4v) is 3.79. The van der Waals surface area contributed by atoms with Gasteiger partial charge in [0.25, 0.3) is 5.91 Å². The molecule has 0 aliphatic carbocycles. The molecular formula is C17H26N2O4S. The molecule has 0 atom stereocenters. The third-order valence-corrected chi connectivity index (χ3v) is 5.89. The predicted molar refractivity (Wildman–Crippen MR) is 93.7 cm³/mol. The van der Waals surface area contributed by atoms with Crippen molar-refractivity contribution in [3.8, 4) is 0 Å². The molecule has 0 aromatic heterocycles. The molecular weight excluding hydrogens is 328 g/mol. The molecule has 0 bridgehead atoms. The number of benzene rings is 1. The lowest BCUT2D eigenvalue weighted by Gasteiger charge is -2.26. The van der Waals surface area contributed by atoms with Crippen LogP contribution in [0.25, 0.3) is 0 Å². The number of carbonyl (C=O) groups excluding carboxylic acids is 1. The van der Waals surface area contributed by atoms with E-state index in [-0.39, 0.29) is 23.6 Å². The number of nitrogens with zero attached hydrogens (tertiary/aromatic N) is 1. The molecule has 0 saturated carbocycles. The van der Waals surface area contributed by atoms with Crippen molar-refractivity contribution in [2.75, 3.05) is 38.6 Å². The van der Waals surface area contributed by atoms with Crippen molar-refractivity contribution in [3.05, 3.63) is 35.4 Å². The molecule has 1 fully saturated rings. The van der Waals surface area contributed by atoms with E-state index in [1.54, 1.807) is 12.1 Å². The maximum absolute atomic E-state index is 12.2. The monoisotopic (exact) mass is 354 g/mol. The molecule has 1 aliphatic rings. The zero-order chi connectivity index (χ0) is 17.8. The Balaban J connectivity index is 1.86. The van der Waals surface area contributed by atoms with Crippen molar-refractivity contribution in [2.24, 2.45) is 0 Å². The summed E-state index contributed by atoms with van der Waals surface area (Å²) in [6, 6.07) is 7.40. The largest absolute Gasteiger partial charge is 0.379 e. The second-order valence-corrected chi connectivity index (χ2v) is 9.00. The van der Waals surface area contributed by atoms with Crippen molar-refractivity contribution in [1.29, 1.82) is 0 Å². The third kappa shape index (κ3) is 5.03. The topological polar surface area (TPSA) is 75.7 Å². The summed E-state index contributed by atoms with van der Waals surface area (Å²) in [5, 5.41) is 2.68. The summed E-state index contributed by atoms with van der Waals surface area (Å²) in [6.45, 7) is 8.03. The number of carbonyl (C=O) groups is 1. The SMILES string of the molecule is CC(C)(C)c1ccc(C(=O)NCCS(=O)(=O)N2CCOCC2)cc1. The van der Waals surface area contributed by atoms with E-state index < -0.39 is 10.0 Å². The van der Waals surface area contributed by atoms with Gasteiger partial charge in [0.2, 0.25) is 10.0 Å². The number of morpholine rings is 1. The van der Waals surface area contributed by atoms with Crippen LogP contribution in [0, 0.1) is 0 Å². The van der Waals surface area contributed by atoms with E-state index in [4.69, 9.17) is 4.74 Å². The van der Waals surface area contributed by atoms with Crippen LogP contribution in [-0.4, -0.2) is 57.2 Å². The molecule has 7 heteroatoms. The van der Waals surface area contributed by atoms with Crippen molar-refractivity contribution < 1.29 is 17.9 Å². The molecule has 1 aliphatic heterocycles. The van der Waals surface area contributed by atoms with E-state index in [9.17, 15) is 13.2 Å². The highest BCUT2D eigenvalue weighted by atomic mass is 32.2.